The molecule has 32 heavy (non-hydrogen) atoms. The zero-order valence-corrected chi connectivity index (χ0v) is 21.5. The molecule has 170 valence electrons. The minimum atomic E-state index is -6.00. The van der Waals surface area contributed by atoms with E-state index in [2.05, 4.69) is 4.72 Å². The van der Waals surface area contributed by atoms with Gasteiger partial charge in [-0.05, 0) is 48.1 Å². The second kappa shape index (κ2) is 11.0. The molecule has 0 aromatic heterocycles. The summed E-state index contributed by atoms with van der Waals surface area (Å²) in [6.07, 6.45) is 0.547. The Balaban J connectivity index is 0.00000512. The molecule has 0 saturated heterocycles. The molecular formula is C22H25F3NNaO4S. The molecule has 5 nitrogen and oxygen atoms in total. The summed E-state index contributed by atoms with van der Waals surface area (Å²) in [5.41, 5.74) is -5.09. The van der Waals surface area contributed by atoms with Crippen molar-refractivity contribution in [3.05, 3.63) is 69.9 Å². The number of amides is 1. The average molecular weight is 479 g/mol. The summed E-state index contributed by atoms with van der Waals surface area (Å²) in [6, 6.07) is 13.8. The van der Waals surface area contributed by atoms with E-state index in [-0.39, 0.29) is 47.6 Å². The fraction of sp³-hybridized carbons (Fsp3) is 0.409. The van der Waals surface area contributed by atoms with Crippen LogP contribution in [0, 0.1) is 0 Å². The number of halogens is 3. The molecule has 0 N–H and O–H groups in total. The number of hydrogen-bond acceptors (Lipinski definition) is 4. The summed E-state index contributed by atoms with van der Waals surface area (Å²) in [5, 5.41) is 0. The molecule has 0 spiro atoms. The number of sulfonamides is 1. The molecule has 0 aliphatic carbocycles. The zero-order chi connectivity index (χ0) is 23.4. The van der Waals surface area contributed by atoms with Crippen molar-refractivity contribution in [3.8, 4) is 5.75 Å². The monoisotopic (exact) mass is 479 g/mol. The second-order valence-electron chi connectivity index (χ2n) is 7.72. The molecule has 1 amide bonds. The van der Waals surface area contributed by atoms with Crippen LogP contribution in [0.1, 0.15) is 50.3 Å². The molecule has 0 radical (unpaired) electrons. The van der Waals surface area contributed by atoms with Gasteiger partial charge in [0.1, 0.15) is 11.7 Å². The molecule has 0 aliphatic rings. The van der Waals surface area contributed by atoms with Gasteiger partial charge in [-0.15, -0.1) is 0 Å². The number of ether oxygens (including phenoxy) is 1. The first-order valence-corrected chi connectivity index (χ1v) is 11.2. The Morgan fingerprint density at radius 1 is 1.06 bits per heavy atom. The molecule has 0 fully saturated rings. The van der Waals surface area contributed by atoms with Crippen molar-refractivity contribution in [3.63, 3.8) is 0 Å². The van der Waals surface area contributed by atoms with Crippen LogP contribution in [0.15, 0.2) is 48.5 Å². The maximum atomic E-state index is 12.8. The molecule has 2 aromatic rings. The van der Waals surface area contributed by atoms with Crippen molar-refractivity contribution in [2.24, 2.45) is 0 Å². The summed E-state index contributed by atoms with van der Waals surface area (Å²) >= 11 is 0. The van der Waals surface area contributed by atoms with Gasteiger partial charge in [0.15, 0.2) is 15.6 Å². The Kier molecular flexibility index (Phi) is 9.83. The van der Waals surface area contributed by atoms with E-state index in [9.17, 15) is 26.4 Å². The third-order valence-electron chi connectivity index (χ3n) is 4.78. The summed E-state index contributed by atoms with van der Waals surface area (Å²) in [4.78, 5) is 12.7. The molecule has 0 bridgehead atoms. The van der Waals surface area contributed by atoms with Crippen LogP contribution >= 0.6 is 0 Å². The number of nitrogens with zero attached hydrogens (tertiary/aromatic N) is 1. The van der Waals surface area contributed by atoms with Crippen LogP contribution in [0.3, 0.4) is 0 Å². The van der Waals surface area contributed by atoms with E-state index in [0.717, 1.165) is 11.1 Å². The van der Waals surface area contributed by atoms with Gasteiger partial charge in [-0.25, -0.2) is 8.42 Å². The fourth-order valence-electron chi connectivity index (χ4n) is 2.94. The van der Waals surface area contributed by atoms with Crippen LogP contribution < -0.4 is 34.3 Å². The zero-order valence-electron chi connectivity index (χ0n) is 18.7. The second-order valence-corrected chi connectivity index (χ2v) is 9.32. The third kappa shape index (κ3) is 7.23. The third-order valence-corrected chi connectivity index (χ3v) is 5.77. The Labute approximate surface area is 209 Å². The summed E-state index contributed by atoms with van der Waals surface area (Å²) in [7, 11) is -6.00. The predicted molar refractivity (Wildman–Crippen MR) is 112 cm³/mol. The summed E-state index contributed by atoms with van der Waals surface area (Å²) in [6.45, 7) is 7.15. The van der Waals surface area contributed by atoms with Crippen molar-refractivity contribution in [2.45, 2.75) is 57.6 Å². The van der Waals surface area contributed by atoms with Gasteiger partial charge in [0.25, 0.3) is 0 Å². The molecule has 0 aliphatic heterocycles. The Bertz CT molecular complexity index is 1020. The number of hydrogen-bond donors (Lipinski definition) is 0. The average Bonchev–Trinajstić information content (AvgIpc) is 2.67. The van der Waals surface area contributed by atoms with E-state index in [1.54, 1.807) is 42.5 Å². The molecule has 0 heterocycles. The van der Waals surface area contributed by atoms with Crippen LogP contribution in [0.25, 0.3) is 4.72 Å². The summed E-state index contributed by atoms with van der Waals surface area (Å²) < 4.78 is 69.5. The first-order chi connectivity index (χ1) is 14.3. The van der Waals surface area contributed by atoms with E-state index in [4.69, 9.17) is 4.74 Å². The minimum absolute atomic E-state index is 0. The summed E-state index contributed by atoms with van der Waals surface area (Å²) in [5.74, 6) is -1.07. The predicted octanol–water partition coefficient (Wildman–Crippen LogP) is 2.51. The normalized spacial score (nSPS) is 13.8. The SMILES string of the molecule is CCc1cccc(CC(C)(Oc2ccc(C(C)C)cc2)C(=O)[N-]S(=O)(=O)C(F)(F)F)c1.[Na+]. The molecule has 0 saturated carbocycles. The Morgan fingerprint density at radius 3 is 2.12 bits per heavy atom. The smallest absolute Gasteiger partial charge is 0.535 e. The van der Waals surface area contributed by atoms with Gasteiger partial charge < -0.3 is 14.3 Å². The topological polar surface area (TPSA) is 74.5 Å². The van der Waals surface area contributed by atoms with Crippen molar-refractivity contribution in [1.82, 2.24) is 0 Å². The van der Waals surface area contributed by atoms with E-state index >= 15 is 0 Å². The molecule has 2 rings (SSSR count). The number of rotatable bonds is 8. The minimum Gasteiger partial charge on any atom is -0.535 e. The Hall–Kier alpha value is -1.55. The van der Waals surface area contributed by atoms with Crippen LogP contribution in [0.4, 0.5) is 13.2 Å². The van der Waals surface area contributed by atoms with Crippen LogP contribution in [-0.4, -0.2) is 25.4 Å². The van der Waals surface area contributed by atoms with Gasteiger partial charge >= 0.3 is 35.1 Å². The van der Waals surface area contributed by atoms with Crippen LogP contribution in [-0.2, 0) is 27.7 Å². The van der Waals surface area contributed by atoms with Gasteiger partial charge in [-0.2, -0.15) is 13.2 Å². The van der Waals surface area contributed by atoms with Gasteiger partial charge in [0.05, 0.1) is 0 Å². The van der Waals surface area contributed by atoms with Crippen LogP contribution in [0.2, 0.25) is 0 Å². The Morgan fingerprint density at radius 2 is 1.62 bits per heavy atom. The van der Waals surface area contributed by atoms with Crippen molar-refractivity contribution in [1.29, 1.82) is 0 Å². The molecule has 2 aromatic carbocycles. The maximum Gasteiger partial charge on any atom is 1.00 e. The van der Waals surface area contributed by atoms with Gasteiger partial charge in [-0.3, -0.25) is 0 Å². The first-order valence-electron chi connectivity index (χ1n) is 9.73. The fourth-order valence-corrected chi connectivity index (χ4v) is 3.46. The van der Waals surface area contributed by atoms with Crippen molar-refractivity contribution in [2.75, 3.05) is 0 Å². The van der Waals surface area contributed by atoms with Crippen LogP contribution in [0.5, 0.6) is 5.75 Å². The number of benzene rings is 2. The number of carbonyl (C=O) groups excluding carboxylic acids is 1. The number of aryl methyl sites for hydroxylation is 1. The van der Waals surface area contributed by atoms with Gasteiger partial charge in [-0.1, -0.05) is 57.2 Å². The standard InChI is InChI=1S/C22H26F3NO4S.Na/c1-5-16-7-6-8-17(13-16)14-21(4,20(27)26-31(28,29)22(23,24)25)30-19-11-9-18(10-12-19)15(2)3;/h6-13,15H,5,14H2,1-4H3,(H,26,27);/q;+1/p-1. The quantitative estimate of drug-likeness (QED) is 0.546. The largest absolute Gasteiger partial charge is 1.00 e. The molecular weight excluding hydrogens is 454 g/mol. The van der Waals surface area contributed by atoms with E-state index in [1.807, 2.05) is 26.8 Å². The first kappa shape index (κ1) is 28.5. The van der Waals surface area contributed by atoms with Crippen molar-refractivity contribution >= 4 is 15.9 Å². The molecule has 1 unspecified atom stereocenters. The van der Waals surface area contributed by atoms with Gasteiger partial charge in [0.2, 0.25) is 0 Å². The number of alkyl halides is 3. The van der Waals surface area contributed by atoms with E-state index in [1.165, 1.54) is 6.92 Å². The molecule has 1 atom stereocenters. The number of carbonyl (C=O) groups is 1. The van der Waals surface area contributed by atoms with Gasteiger partial charge in [0, 0.05) is 6.42 Å². The van der Waals surface area contributed by atoms with E-state index in [0.29, 0.717) is 12.0 Å². The maximum absolute atomic E-state index is 12.8. The molecule has 10 heteroatoms. The van der Waals surface area contributed by atoms with E-state index < -0.39 is 27.0 Å². The van der Waals surface area contributed by atoms with Crippen molar-refractivity contribution < 1.29 is 60.7 Å².